The summed E-state index contributed by atoms with van der Waals surface area (Å²) >= 11 is 0. The van der Waals surface area contributed by atoms with Gasteiger partial charge in [-0.3, -0.25) is 0 Å². The number of halogens is 1. The Hall–Kier alpha value is -1.09. The van der Waals surface area contributed by atoms with Crippen molar-refractivity contribution in [3.63, 3.8) is 0 Å². The van der Waals surface area contributed by atoms with E-state index in [2.05, 4.69) is 13.8 Å². The lowest BCUT2D eigenvalue weighted by atomic mass is 9.72. The van der Waals surface area contributed by atoms with Crippen molar-refractivity contribution < 1.29 is 14.2 Å². The molecule has 1 aromatic rings. The SMILES string of the molecule is COc1ccc(C(O)C2(CC(C)C)CCCC2)c(F)c1. The van der Waals surface area contributed by atoms with Crippen LogP contribution < -0.4 is 4.74 Å². The van der Waals surface area contributed by atoms with Crippen LogP contribution in [0.1, 0.15) is 57.6 Å². The third-order valence-corrected chi connectivity index (χ3v) is 4.50. The van der Waals surface area contributed by atoms with E-state index in [-0.39, 0.29) is 11.2 Å². The number of hydrogen-bond donors (Lipinski definition) is 1. The highest BCUT2D eigenvalue weighted by Crippen LogP contribution is 2.52. The number of aliphatic hydroxyl groups excluding tert-OH is 1. The van der Waals surface area contributed by atoms with Crippen molar-refractivity contribution in [1.29, 1.82) is 0 Å². The molecule has 20 heavy (non-hydrogen) atoms. The minimum absolute atomic E-state index is 0.163. The van der Waals surface area contributed by atoms with Gasteiger partial charge < -0.3 is 9.84 Å². The summed E-state index contributed by atoms with van der Waals surface area (Å²) in [5.74, 6) is 0.624. The molecule has 1 aliphatic carbocycles. The van der Waals surface area contributed by atoms with Gasteiger partial charge in [-0.1, -0.05) is 26.7 Å². The summed E-state index contributed by atoms with van der Waals surface area (Å²) in [5.41, 5.74) is 0.247. The van der Waals surface area contributed by atoms with Crippen LogP contribution >= 0.6 is 0 Å². The first-order valence-corrected chi connectivity index (χ1v) is 7.50. The van der Waals surface area contributed by atoms with Gasteiger partial charge in [0.1, 0.15) is 11.6 Å². The molecule has 2 rings (SSSR count). The summed E-state index contributed by atoms with van der Waals surface area (Å²) in [6, 6.07) is 4.75. The molecule has 1 aromatic carbocycles. The van der Waals surface area contributed by atoms with E-state index in [0.29, 0.717) is 17.2 Å². The first-order chi connectivity index (χ1) is 9.48. The summed E-state index contributed by atoms with van der Waals surface area (Å²) in [6.07, 6.45) is 4.44. The van der Waals surface area contributed by atoms with Gasteiger partial charge >= 0.3 is 0 Å². The third kappa shape index (κ3) is 2.98. The van der Waals surface area contributed by atoms with E-state index in [1.165, 1.54) is 13.2 Å². The Bertz CT molecular complexity index is 450. The van der Waals surface area contributed by atoms with E-state index in [0.717, 1.165) is 32.1 Å². The Morgan fingerprint density at radius 2 is 1.95 bits per heavy atom. The summed E-state index contributed by atoms with van der Waals surface area (Å²) < 4.78 is 19.2. The molecule has 1 N–H and O–H groups in total. The molecule has 1 atom stereocenters. The lowest BCUT2D eigenvalue weighted by molar-refractivity contribution is 0.00873. The highest BCUT2D eigenvalue weighted by molar-refractivity contribution is 5.31. The van der Waals surface area contributed by atoms with Crippen LogP contribution in [0, 0.1) is 17.2 Å². The number of rotatable bonds is 5. The highest BCUT2D eigenvalue weighted by atomic mass is 19.1. The zero-order valence-electron chi connectivity index (χ0n) is 12.7. The van der Waals surface area contributed by atoms with Gasteiger partial charge in [-0.15, -0.1) is 0 Å². The van der Waals surface area contributed by atoms with Gasteiger partial charge in [-0.25, -0.2) is 4.39 Å². The van der Waals surface area contributed by atoms with Crippen LogP contribution in [-0.4, -0.2) is 12.2 Å². The van der Waals surface area contributed by atoms with Gasteiger partial charge in [0, 0.05) is 17.0 Å². The topological polar surface area (TPSA) is 29.5 Å². The molecule has 1 aliphatic rings. The number of ether oxygens (including phenoxy) is 1. The average Bonchev–Trinajstić information content (AvgIpc) is 2.86. The van der Waals surface area contributed by atoms with Crippen molar-refractivity contribution in [2.24, 2.45) is 11.3 Å². The normalized spacial score (nSPS) is 19.3. The van der Waals surface area contributed by atoms with Gasteiger partial charge in [-0.2, -0.15) is 0 Å². The lowest BCUT2D eigenvalue weighted by Gasteiger charge is -2.36. The van der Waals surface area contributed by atoms with Gasteiger partial charge in [0.15, 0.2) is 0 Å². The van der Waals surface area contributed by atoms with Crippen LogP contribution in [0.15, 0.2) is 18.2 Å². The van der Waals surface area contributed by atoms with Gasteiger partial charge in [0.2, 0.25) is 0 Å². The van der Waals surface area contributed by atoms with Crippen molar-refractivity contribution in [2.75, 3.05) is 7.11 Å². The van der Waals surface area contributed by atoms with Gasteiger partial charge in [0.05, 0.1) is 13.2 Å². The average molecular weight is 280 g/mol. The van der Waals surface area contributed by atoms with Crippen molar-refractivity contribution in [3.8, 4) is 5.75 Å². The van der Waals surface area contributed by atoms with Crippen LogP contribution in [0.5, 0.6) is 5.75 Å². The van der Waals surface area contributed by atoms with E-state index in [1.54, 1.807) is 12.1 Å². The Kier molecular flexibility index (Phi) is 4.69. The summed E-state index contributed by atoms with van der Waals surface area (Å²) in [7, 11) is 1.52. The molecular formula is C17H25FO2. The third-order valence-electron chi connectivity index (χ3n) is 4.50. The molecule has 0 saturated heterocycles. The van der Waals surface area contributed by atoms with Gasteiger partial charge in [-0.05, 0) is 37.3 Å². The van der Waals surface area contributed by atoms with E-state index >= 15 is 0 Å². The Morgan fingerprint density at radius 1 is 1.30 bits per heavy atom. The molecule has 112 valence electrons. The van der Waals surface area contributed by atoms with Crippen molar-refractivity contribution >= 4 is 0 Å². The first-order valence-electron chi connectivity index (χ1n) is 7.50. The molecule has 1 saturated carbocycles. The fraction of sp³-hybridized carbons (Fsp3) is 0.647. The predicted octanol–water partition coefficient (Wildman–Crippen LogP) is 4.47. The molecule has 0 spiro atoms. The van der Waals surface area contributed by atoms with Crippen molar-refractivity contribution in [2.45, 2.75) is 52.1 Å². The Balaban J connectivity index is 2.30. The molecule has 0 aromatic heterocycles. The van der Waals surface area contributed by atoms with Crippen molar-refractivity contribution in [1.82, 2.24) is 0 Å². The zero-order valence-corrected chi connectivity index (χ0v) is 12.7. The molecule has 3 heteroatoms. The minimum atomic E-state index is -0.724. The molecule has 0 radical (unpaired) electrons. The number of methoxy groups -OCH3 is 1. The second-order valence-corrected chi connectivity index (χ2v) is 6.46. The van der Waals surface area contributed by atoms with Gasteiger partial charge in [0.25, 0.3) is 0 Å². The van der Waals surface area contributed by atoms with Crippen LogP contribution in [0.3, 0.4) is 0 Å². The fourth-order valence-corrected chi connectivity index (χ4v) is 3.67. The quantitative estimate of drug-likeness (QED) is 0.862. The monoisotopic (exact) mass is 280 g/mol. The zero-order chi connectivity index (χ0) is 14.8. The first kappa shape index (κ1) is 15.3. The molecular weight excluding hydrogens is 255 g/mol. The fourth-order valence-electron chi connectivity index (χ4n) is 3.67. The number of benzene rings is 1. The van der Waals surface area contributed by atoms with E-state index < -0.39 is 6.10 Å². The molecule has 0 amide bonds. The van der Waals surface area contributed by atoms with E-state index in [9.17, 15) is 9.50 Å². The van der Waals surface area contributed by atoms with Crippen LogP contribution in [0.4, 0.5) is 4.39 Å². The minimum Gasteiger partial charge on any atom is -0.497 e. The standard InChI is InChI=1S/C17H25FO2/c1-12(2)11-17(8-4-5-9-17)16(19)14-7-6-13(20-3)10-15(14)18/h6-7,10,12,16,19H,4-5,8-9,11H2,1-3H3. The smallest absolute Gasteiger partial charge is 0.132 e. The summed E-state index contributed by atoms with van der Waals surface area (Å²) in [6.45, 7) is 4.33. The van der Waals surface area contributed by atoms with Crippen LogP contribution in [-0.2, 0) is 0 Å². The van der Waals surface area contributed by atoms with Crippen molar-refractivity contribution in [3.05, 3.63) is 29.6 Å². The second kappa shape index (κ2) is 6.13. The Morgan fingerprint density at radius 3 is 2.45 bits per heavy atom. The maximum atomic E-state index is 14.2. The predicted molar refractivity (Wildman–Crippen MR) is 78.3 cm³/mol. The molecule has 1 fully saturated rings. The van der Waals surface area contributed by atoms with Crippen LogP contribution in [0.2, 0.25) is 0 Å². The Labute approximate surface area is 121 Å². The highest BCUT2D eigenvalue weighted by Gasteiger charge is 2.42. The maximum absolute atomic E-state index is 14.2. The number of aliphatic hydroxyl groups is 1. The van der Waals surface area contributed by atoms with E-state index in [4.69, 9.17) is 4.74 Å². The van der Waals surface area contributed by atoms with E-state index in [1.807, 2.05) is 0 Å². The lowest BCUT2D eigenvalue weighted by Crippen LogP contribution is -2.28. The number of hydrogen-bond acceptors (Lipinski definition) is 2. The molecule has 0 bridgehead atoms. The molecule has 0 heterocycles. The summed E-state index contributed by atoms with van der Waals surface area (Å²) in [5, 5.41) is 10.8. The second-order valence-electron chi connectivity index (χ2n) is 6.46. The maximum Gasteiger partial charge on any atom is 0.132 e. The largest absolute Gasteiger partial charge is 0.497 e. The van der Waals surface area contributed by atoms with Crippen LogP contribution in [0.25, 0.3) is 0 Å². The summed E-state index contributed by atoms with van der Waals surface area (Å²) in [4.78, 5) is 0. The molecule has 0 aliphatic heterocycles. The molecule has 2 nitrogen and oxygen atoms in total. The molecule has 1 unspecified atom stereocenters.